The van der Waals surface area contributed by atoms with Crippen molar-refractivity contribution in [3.63, 3.8) is 0 Å². The summed E-state index contributed by atoms with van der Waals surface area (Å²) in [6, 6.07) is 12.4. The van der Waals surface area contributed by atoms with Crippen molar-refractivity contribution in [2.75, 3.05) is 32.7 Å². The van der Waals surface area contributed by atoms with Gasteiger partial charge in [-0.25, -0.2) is 8.78 Å². The van der Waals surface area contributed by atoms with Crippen LogP contribution in [-0.2, 0) is 0 Å². The lowest BCUT2D eigenvalue weighted by Crippen LogP contribution is -2.49. The number of aliphatic hydroxyl groups is 1. The van der Waals surface area contributed by atoms with E-state index in [2.05, 4.69) is 4.90 Å². The number of benzene rings is 2. The van der Waals surface area contributed by atoms with E-state index < -0.39 is 23.6 Å². The van der Waals surface area contributed by atoms with Crippen LogP contribution in [0, 0.1) is 11.6 Å². The SMILES string of the molecule is O=C(c1ccc(F)cc1F)N1CCN(C[C@H](O)c2ccccc2)CC1. The van der Waals surface area contributed by atoms with E-state index in [-0.39, 0.29) is 5.56 Å². The molecule has 0 bridgehead atoms. The van der Waals surface area contributed by atoms with Crippen molar-refractivity contribution in [3.05, 3.63) is 71.3 Å². The minimum absolute atomic E-state index is 0.112. The Morgan fingerprint density at radius 1 is 1.04 bits per heavy atom. The Balaban J connectivity index is 1.55. The number of rotatable bonds is 4. The summed E-state index contributed by atoms with van der Waals surface area (Å²) in [6.45, 7) is 2.56. The van der Waals surface area contributed by atoms with Crippen molar-refractivity contribution >= 4 is 5.91 Å². The van der Waals surface area contributed by atoms with E-state index in [9.17, 15) is 18.7 Å². The van der Waals surface area contributed by atoms with Crippen LogP contribution in [0.4, 0.5) is 8.78 Å². The van der Waals surface area contributed by atoms with Gasteiger partial charge in [0.1, 0.15) is 11.6 Å². The lowest BCUT2D eigenvalue weighted by Gasteiger charge is -2.35. The fraction of sp³-hybridized carbons (Fsp3) is 0.316. The third kappa shape index (κ3) is 4.21. The maximum absolute atomic E-state index is 13.8. The molecule has 1 saturated heterocycles. The molecule has 1 amide bonds. The Hall–Kier alpha value is -2.31. The zero-order chi connectivity index (χ0) is 17.8. The predicted molar refractivity (Wildman–Crippen MR) is 90.1 cm³/mol. The molecule has 4 nitrogen and oxygen atoms in total. The first-order chi connectivity index (χ1) is 12.0. The molecule has 2 aromatic carbocycles. The Morgan fingerprint density at radius 2 is 1.72 bits per heavy atom. The van der Waals surface area contributed by atoms with Gasteiger partial charge in [0.25, 0.3) is 5.91 Å². The van der Waals surface area contributed by atoms with Gasteiger partial charge in [-0.05, 0) is 17.7 Å². The van der Waals surface area contributed by atoms with Crippen molar-refractivity contribution < 1.29 is 18.7 Å². The standard InChI is InChI=1S/C19H20F2N2O2/c20-15-6-7-16(17(21)12-15)19(25)23-10-8-22(9-11-23)13-18(24)14-4-2-1-3-5-14/h1-7,12,18,24H,8-11,13H2/t18-/m0/s1. The smallest absolute Gasteiger partial charge is 0.256 e. The van der Waals surface area contributed by atoms with Gasteiger partial charge in [-0.15, -0.1) is 0 Å². The van der Waals surface area contributed by atoms with Crippen LogP contribution in [0.1, 0.15) is 22.0 Å². The number of β-amino-alcohol motifs (C(OH)–C–C–N with tert-alkyl or cyclic N) is 1. The highest BCUT2D eigenvalue weighted by Gasteiger charge is 2.25. The predicted octanol–water partition coefficient (Wildman–Crippen LogP) is 2.46. The summed E-state index contributed by atoms with van der Waals surface area (Å²) in [5.74, 6) is -1.97. The van der Waals surface area contributed by atoms with Gasteiger partial charge < -0.3 is 10.0 Å². The number of amides is 1. The summed E-state index contributed by atoms with van der Waals surface area (Å²) in [6.07, 6.45) is -0.585. The highest BCUT2D eigenvalue weighted by atomic mass is 19.1. The van der Waals surface area contributed by atoms with Gasteiger partial charge in [0, 0.05) is 38.8 Å². The second-order valence-corrected chi connectivity index (χ2v) is 6.14. The zero-order valence-electron chi connectivity index (χ0n) is 13.7. The summed E-state index contributed by atoms with van der Waals surface area (Å²) >= 11 is 0. The lowest BCUT2D eigenvalue weighted by atomic mass is 10.1. The molecule has 0 spiro atoms. The van der Waals surface area contributed by atoms with Gasteiger partial charge in [-0.2, -0.15) is 0 Å². The number of piperazine rings is 1. The molecule has 0 saturated carbocycles. The van der Waals surface area contributed by atoms with Gasteiger partial charge >= 0.3 is 0 Å². The number of carbonyl (C=O) groups excluding carboxylic acids is 1. The second kappa shape index (κ2) is 7.72. The minimum Gasteiger partial charge on any atom is -0.387 e. The molecule has 1 atom stereocenters. The summed E-state index contributed by atoms with van der Waals surface area (Å²) in [5.41, 5.74) is 0.744. The fourth-order valence-corrected chi connectivity index (χ4v) is 2.99. The fourth-order valence-electron chi connectivity index (χ4n) is 2.99. The average Bonchev–Trinajstić information content (AvgIpc) is 2.62. The Labute approximate surface area is 145 Å². The lowest BCUT2D eigenvalue weighted by molar-refractivity contribution is 0.0524. The molecule has 0 aromatic heterocycles. The van der Waals surface area contributed by atoms with Crippen LogP contribution in [-0.4, -0.2) is 53.5 Å². The molecular formula is C19H20F2N2O2. The highest BCUT2D eigenvalue weighted by Crippen LogP contribution is 2.17. The van der Waals surface area contributed by atoms with E-state index in [1.54, 1.807) is 4.90 Å². The normalized spacial score (nSPS) is 16.7. The number of halogens is 2. The molecular weight excluding hydrogens is 326 g/mol. The third-order valence-electron chi connectivity index (χ3n) is 4.44. The monoisotopic (exact) mass is 346 g/mol. The first-order valence-corrected chi connectivity index (χ1v) is 8.24. The van der Waals surface area contributed by atoms with Crippen LogP contribution in [0.25, 0.3) is 0 Å². The number of hydrogen-bond donors (Lipinski definition) is 1. The maximum atomic E-state index is 13.8. The van der Waals surface area contributed by atoms with E-state index >= 15 is 0 Å². The number of hydrogen-bond acceptors (Lipinski definition) is 3. The largest absolute Gasteiger partial charge is 0.387 e. The first-order valence-electron chi connectivity index (χ1n) is 8.24. The molecule has 1 heterocycles. The van der Waals surface area contributed by atoms with Crippen LogP contribution in [0.3, 0.4) is 0 Å². The van der Waals surface area contributed by atoms with Crippen LogP contribution < -0.4 is 0 Å². The van der Waals surface area contributed by atoms with Gasteiger partial charge in [0.15, 0.2) is 0 Å². The van der Waals surface area contributed by atoms with Crippen molar-refractivity contribution in [1.29, 1.82) is 0 Å². The van der Waals surface area contributed by atoms with Gasteiger partial charge in [0.05, 0.1) is 11.7 Å². The molecule has 2 aromatic rings. The Morgan fingerprint density at radius 3 is 2.36 bits per heavy atom. The first kappa shape index (κ1) is 17.5. The van der Waals surface area contributed by atoms with Crippen molar-refractivity contribution in [3.8, 4) is 0 Å². The van der Waals surface area contributed by atoms with Crippen LogP contribution >= 0.6 is 0 Å². The number of nitrogens with zero attached hydrogens (tertiary/aromatic N) is 2. The Kier molecular flexibility index (Phi) is 5.40. The molecule has 0 radical (unpaired) electrons. The number of aliphatic hydroxyl groups excluding tert-OH is 1. The van der Waals surface area contributed by atoms with Gasteiger partial charge in [-0.3, -0.25) is 9.69 Å². The molecule has 0 aliphatic carbocycles. The summed E-state index contributed by atoms with van der Waals surface area (Å²) in [7, 11) is 0. The summed E-state index contributed by atoms with van der Waals surface area (Å²) in [5, 5.41) is 10.3. The Bertz CT molecular complexity index is 731. The molecule has 1 fully saturated rings. The van der Waals surface area contributed by atoms with E-state index in [0.29, 0.717) is 32.7 Å². The molecule has 132 valence electrons. The van der Waals surface area contributed by atoms with E-state index in [4.69, 9.17) is 0 Å². The molecule has 3 rings (SSSR count). The van der Waals surface area contributed by atoms with Crippen molar-refractivity contribution in [2.45, 2.75) is 6.10 Å². The molecule has 6 heteroatoms. The van der Waals surface area contributed by atoms with Crippen molar-refractivity contribution in [2.24, 2.45) is 0 Å². The average molecular weight is 346 g/mol. The van der Waals surface area contributed by atoms with E-state index in [1.165, 1.54) is 6.07 Å². The second-order valence-electron chi connectivity index (χ2n) is 6.14. The topological polar surface area (TPSA) is 43.8 Å². The molecule has 1 aliphatic rings. The molecule has 1 N–H and O–H groups in total. The molecule has 25 heavy (non-hydrogen) atoms. The van der Waals surface area contributed by atoms with Gasteiger partial charge in [-0.1, -0.05) is 30.3 Å². The quantitative estimate of drug-likeness (QED) is 0.925. The minimum atomic E-state index is -0.841. The maximum Gasteiger partial charge on any atom is 0.256 e. The number of carbonyl (C=O) groups is 1. The third-order valence-corrected chi connectivity index (χ3v) is 4.44. The van der Waals surface area contributed by atoms with E-state index in [0.717, 1.165) is 17.7 Å². The van der Waals surface area contributed by atoms with Crippen LogP contribution in [0.2, 0.25) is 0 Å². The summed E-state index contributed by atoms with van der Waals surface area (Å²) < 4.78 is 26.7. The van der Waals surface area contributed by atoms with Crippen molar-refractivity contribution in [1.82, 2.24) is 9.80 Å². The molecule has 0 unspecified atom stereocenters. The highest BCUT2D eigenvalue weighted by molar-refractivity contribution is 5.94. The molecule has 1 aliphatic heterocycles. The van der Waals surface area contributed by atoms with Crippen LogP contribution in [0.5, 0.6) is 0 Å². The van der Waals surface area contributed by atoms with E-state index in [1.807, 2.05) is 30.3 Å². The van der Waals surface area contributed by atoms with Gasteiger partial charge in [0.2, 0.25) is 0 Å². The zero-order valence-corrected chi connectivity index (χ0v) is 13.7. The van der Waals surface area contributed by atoms with Crippen LogP contribution in [0.15, 0.2) is 48.5 Å². The summed E-state index contributed by atoms with van der Waals surface area (Å²) in [4.78, 5) is 16.0.